The van der Waals surface area contributed by atoms with Crippen LogP contribution in [0.15, 0.2) is 33.7 Å². The molecule has 0 amide bonds. The van der Waals surface area contributed by atoms with Gasteiger partial charge in [-0.05, 0) is 31.9 Å². The number of thioether (sulfide) groups is 1. The molecule has 0 saturated carbocycles. The molecule has 1 aromatic heterocycles. The largest absolute Gasteiger partial charge is 0.361 e. The summed E-state index contributed by atoms with van der Waals surface area (Å²) in [6.45, 7) is 5.82. The van der Waals surface area contributed by atoms with Gasteiger partial charge in [-0.15, -0.1) is 11.8 Å². The molecule has 0 spiro atoms. The molecule has 0 bridgehead atoms. The van der Waals surface area contributed by atoms with Crippen LogP contribution in [0.2, 0.25) is 0 Å². The molecule has 100 valence electrons. The van der Waals surface area contributed by atoms with Crippen LogP contribution in [0.3, 0.4) is 0 Å². The minimum atomic E-state index is 0.637. The van der Waals surface area contributed by atoms with Crippen LogP contribution < -0.4 is 5.32 Å². The number of nitrogens with zero attached hydrogens (tertiary/aromatic N) is 1. The third kappa shape index (κ3) is 2.69. The number of hydrogen-bond donors (Lipinski definition) is 1. The normalized spacial score (nSPS) is 17.7. The Balaban J connectivity index is 1.53. The number of benzene rings is 1. The highest BCUT2D eigenvalue weighted by atomic mass is 32.2. The fourth-order valence-corrected chi connectivity index (χ4v) is 3.76. The number of fused-ring (bicyclic) bond motifs is 1. The average Bonchev–Trinajstić information content (AvgIpc) is 2.95. The molecule has 1 aromatic carbocycles. The van der Waals surface area contributed by atoms with E-state index in [2.05, 4.69) is 34.7 Å². The van der Waals surface area contributed by atoms with E-state index in [-0.39, 0.29) is 0 Å². The number of aromatic nitrogens is 1. The monoisotopic (exact) mass is 274 g/mol. The summed E-state index contributed by atoms with van der Waals surface area (Å²) in [6, 6.07) is 8.69. The lowest BCUT2D eigenvalue weighted by Gasteiger charge is -2.09. The van der Waals surface area contributed by atoms with Crippen molar-refractivity contribution in [3.05, 3.63) is 46.8 Å². The van der Waals surface area contributed by atoms with E-state index in [1.807, 2.05) is 25.6 Å². The van der Waals surface area contributed by atoms with Crippen molar-refractivity contribution in [1.29, 1.82) is 0 Å². The summed E-state index contributed by atoms with van der Waals surface area (Å²) >= 11 is 1.98. The van der Waals surface area contributed by atoms with Crippen molar-refractivity contribution in [3.8, 4) is 0 Å². The number of nitrogens with one attached hydrogen (secondary N) is 1. The lowest BCUT2D eigenvalue weighted by Crippen LogP contribution is -2.24. The van der Waals surface area contributed by atoms with E-state index in [1.54, 1.807) is 0 Å². The molecule has 4 heteroatoms. The summed E-state index contributed by atoms with van der Waals surface area (Å²) in [6.07, 6.45) is 1.16. The Morgan fingerprint density at radius 1 is 1.37 bits per heavy atom. The Morgan fingerprint density at radius 3 is 2.95 bits per heavy atom. The Kier molecular flexibility index (Phi) is 3.62. The molecular formula is C15H18N2OS. The van der Waals surface area contributed by atoms with Crippen LogP contribution in [0.4, 0.5) is 0 Å². The van der Waals surface area contributed by atoms with E-state index in [4.69, 9.17) is 4.52 Å². The number of rotatable bonds is 4. The number of hydrogen-bond acceptors (Lipinski definition) is 4. The predicted molar refractivity (Wildman–Crippen MR) is 77.5 cm³/mol. The van der Waals surface area contributed by atoms with Crippen LogP contribution in [0, 0.1) is 13.8 Å². The number of aryl methyl sites for hydroxylation is 2. The third-order valence-electron chi connectivity index (χ3n) is 3.57. The van der Waals surface area contributed by atoms with Gasteiger partial charge in [0.15, 0.2) is 0 Å². The van der Waals surface area contributed by atoms with Gasteiger partial charge in [0, 0.05) is 28.8 Å². The molecule has 1 unspecified atom stereocenters. The average molecular weight is 274 g/mol. The molecule has 0 fully saturated rings. The van der Waals surface area contributed by atoms with Crippen LogP contribution >= 0.6 is 11.8 Å². The van der Waals surface area contributed by atoms with Gasteiger partial charge in [0.2, 0.25) is 0 Å². The topological polar surface area (TPSA) is 38.1 Å². The van der Waals surface area contributed by atoms with E-state index in [0.717, 1.165) is 31.0 Å². The van der Waals surface area contributed by atoms with Gasteiger partial charge in [0.25, 0.3) is 0 Å². The summed E-state index contributed by atoms with van der Waals surface area (Å²) in [7, 11) is 0. The van der Waals surface area contributed by atoms with Crippen molar-refractivity contribution in [3.63, 3.8) is 0 Å². The van der Waals surface area contributed by atoms with Crippen LogP contribution in [0.25, 0.3) is 0 Å². The molecule has 3 nitrogen and oxygen atoms in total. The lowest BCUT2D eigenvalue weighted by atomic mass is 10.1. The second-order valence-corrected chi connectivity index (χ2v) is 6.33. The van der Waals surface area contributed by atoms with Crippen molar-refractivity contribution >= 4 is 11.8 Å². The maximum Gasteiger partial charge on any atom is 0.138 e. The van der Waals surface area contributed by atoms with Gasteiger partial charge < -0.3 is 9.84 Å². The van der Waals surface area contributed by atoms with Gasteiger partial charge in [-0.1, -0.05) is 23.4 Å². The summed E-state index contributed by atoms with van der Waals surface area (Å²) in [5.41, 5.74) is 3.67. The first kappa shape index (κ1) is 12.8. The smallest absolute Gasteiger partial charge is 0.138 e. The molecule has 0 aliphatic carbocycles. The summed E-state index contributed by atoms with van der Waals surface area (Å²) in [4.78, 5) is 1.44. The molecule has 1 atom stereocenters. The van der Waals surface area contributed by atoms with Gasteiger partial charge in [0.05, 0.1) is 5.69 Å². The van der Waals surface area contributed by atoms with Gasteiger partial charge in [-0.2, -0.15) is 0 Å². The highest BCUT2D eigenvalue weighted by molar-refractivity contribution is 8.00. The SMILES string of the molecule is Cc1noc(C)c1CNCC1Cc2ccccc2S1. The molecule has 0 radical (unpaired) electrons. The Labute approximate surface area is 117 Å². The molecule has 2 aromatic rings. The highest BCUT2D eigenvalue weighted by Gasteiger charge is 2.21. The first-order valence-corrected chi connectivity index (χ1v) is 7.49. The molecule has 3 rings (SSSR count). The van der Waals surface area contributed by atoms with E-state index >= 15 is 0 Å². The summed E-state index contributed by atoms with van der Waals surface area (Å²) in [5.74, 6) is 0.923. The van der Waals surface area contributed by atoms with Gasteiger partial charge >= 0.3 is 0 Å². The Bertz CT molecular complexity index is 535. The van der Waals surface area contributed by atoms with E-state index in [1.165, 1.54) is 16.0 Å². The minimum Gasteiger partial charge on any atom is -0.361 e. The van der Waals surface area contributed by atoms with Crippen molar-refractivity contribution in [2.24, 2.45) is 0 Å². The molecular weight excluding hydrogens is 256 g/mol. The quantitative estimate of drug-likeness (QED) is 0.929. The van der Waals surface area contributed by atoms with Gasteiger partial charge in [0.1, 0.15) is 5.76 Å². The lowest BCUT2D eigenvalue weighted by molar-refractivity contribution is 0.392. The molecule has 19 heavy (non-hydrogen) atoms. The molecule has 1 aliphatic heterocycles. The van der Waals surface area contributed by atoms with Crippen molar-refractivity contribution in [1.82, 2.24) is 10.5 Å². The maximum absolute atomic E-state index is 5.17. The van der Waals surface area contributed by atoms with E-state index < -0.39 is 0 Å². The van der Waals surface area contributed by atoms with E-state index in [9.17, 15) is 0 Å². The fraction of sp³-hybridized carbons (Fsp3) is 0.400. The van der Waals surface area contributed by atoms with Crippen LogP contribution in [-0.4, -0.2) is 17.0 Å². The third-order valence-corrected chi connectivity index (χ3v) is 4.89. The Morgan fingerprint density at radius 2 is 2.21 bits per heavy atom. The zero-order chi connectivity index (χ0) is 13.2. The highest BCUT2D eigenvalue weighted by Crippen LogP contribution is 2.36. The van der Waals surface area contributed by atoms with Crippen molar-refractivity contribution < 1.29 is 4.52 Å². The van der Waals surface area contributed by atoms with Gasteiger partial charge in [-0.25, -0.2) is 0 Å². The molecule has 0 saturated heterocycles. The zero-order valence-electron chi connectivity index (χ0n) is 11.3. The summed E-state index contributed by atoms with van der Waals surface area (Å²) < 4.78 is 5.17. The minimum absolute atomic E-state index is 0.637. The predicted octanol–water partition coefficient (Wildman–Crippen LogP) is 3.10. The van der Waals surface area contributed by atoms with Crippen LogP contribution in [0.5, 0.6) is 0 Å². The second-order valence-electron chi connectivity index (χ2n) is 4.99. The van der Waals surface area contributed by atoms with Crippen molar-refractivity contribution in [2.45, 2.75) is 37.0 Å². The molecule has 1 aliphatic rings. The first-order chi connectivity index (χ1) is 9.24. The van der Waals surface area contributed by atoms with Crippen LogP contribution in [-0.2, 0) is 13.0 Å². The van der Waals surface area contributed by atoms with E-state index in [0.29, 0.717) is 5.25 Å². The second kappa shape index (κ2) is 5.39. The zero-order valence-corrected chi connectivity index (χ0v) is 12.1. The van der Waals surface area contributed by atoms with Gasteiger partial charge in [-0.3, -0.25) is 0 Å². The fourth-order valence-electron chi connectivity index (χ4n) is 2.48. The first-order valence-electron chi connectivity index (χ1n) is 6.61. The van der Waals surface area contributed by atoms with Crippen LogP contribution in [0.1, 0.15) is 22.6 Å². The maximum atomic E-state index is 5.17. The molecule has 1 N–H and O–H groups in total. The standard InChI is InChI=1S/C15H18N2OS/c1-10-14(11(2)18-17-10)9-16-8-13-7-12-5-3-4-6-15(12)19-13/h3-6,13,16H,7-9H2,1-2H3. The summed E-state index contributed by atoms with van der Waals surface area (Å²) in [5, 5.41) is 8.14. The Hall–Kier alpha value is -1.26. The van der Waals surface area contributed by atoms with Crippen molar-refractivity contribution in [2.75, 3.05) is 6.54 Å². The molecule has 2 heterocycles.